The maximum atomic E-state index is 5.26. The summed E-state index contributed by atoms with van der Waals surface area (Å²) in [4.78, 5) is 4.44. The van der Waals surface area contributed by atoms with Gasteiger partial charge in [0.1, 0.15) is 0 Å². The van der Waals surface area contributed by atoms with Crippen molar-refractivity contribution in [3.63, 3.8) is 0 Å². The summed E-state index contributed by atoms with van der Waals surface area (Å²) >= 11 is 0. The summed E-state index contributed by atoms with van der Waals surface area (Å²) in [6, 6.07) is 4.28. The fourth-order valence-corrected chi connectivity index (χ4v) is 1.77. The average molecular weight is 238 g/mol. The second-order valence-corrected chi connectivity index (χ2v) is 3.95. The fraction of sp³-hybridized carbons (Fsp3) is 0.615. The molecule has 0 bridgehead atoms. The summed E-state index contributed by atoms with van der Waals surface area (Å²) < 4.78 is 10.5. The van der Waals surface area contributed by atoms with E-state index in [-0.39, 0.29) is 12.3 Å². The quantitative estimate of drug-likeness (QED) is 0.729. The molecule has 4 nitrogen and oxygen atoms in total. The van der Waals surface area contributed by atoms with Gasteiger partial charge in [-0.05, 0) is 25.1 Å². The highest BCUT2D eigenvalue weighted by atomic mass is 16.7. The van der Waals surface area contributed by atoms with E-state index in [0.29, 0.717) is 0 Å². The summed E-state index contributed by atoms with van der Waals surface area (Å²) in [5.41, 5.74) is 2.30. The molecule has 0 amide bonds. The minimum absolute atomic E-state index is 0.102. The van der Waals surface area contributed by atoms with Crippen LogP contribution in [0.15, 0.2) is 18.3 Å². The highest BCUT2D eigenvalue weighted by molar-refractivity contribution is 5.14. The van der Waals surface area contributed by atoms with Crippen LogP contribution >= 0.6 is 0 Å². The molecule has 0 saturated heterocycles. The number of aryl methyl sites for hydroxylation is 1. The van der Waals surface area contributed by atoms with Crippen LogP contribution in [0.3, 0.4) is 0 Å². The molecule has 0 fully saturated rings. The third kappa shape index (κ3) is 4.07. The van der Waals surface area contributed by atoms with Gasteiger partial charge in [-0.3, -0.25) is 4.98 Å². The first-order valence-electron chi connectivity index (χ1n) is 5.91. The smallest absolute Gasteiger partial charge is 0.172 e. The number of methoxy groups -OCH3 is 2. The van der Waals surface area contributed by atoms with Crippen molar-refractivity contribution in [2.24, 2.45) is 0 Å². The second kappa shape index (κ2) is 7.37. The Kier molecular flexibility index (Phi) is 6.11. The Hall–Kier alpha value is -0.970. The SMILES string of the molecule is CCc1ccc(CC(NC)C(OC)OC)nc1. The van der Waals surface area contributed by atoms with Gasteiger partial charge in [0.05, 0.1) is 6.04 Å². The molecule has 1 heterocycles. The lowest BCUT2D eigenvalue weighted by molar-refractivity contribution is -0.121. The fourth-order valence-electron chi connectivity index (χ4n) is 1.77. The number of nitrogens with zero attached hydrogens (tertiary/aromatic N) is 1. The molecule has 0 radical (unpaired) electrons. The molecule has 1 N–H and O–H groups in total. The minimum atomic E-state index is -0.257. The molecular weight excluding hydrogens is 216 g/mol. The molecule has 96 valence electrons. The van der Waals surface area contributed by atoms with Crippen molar-refractivity contribution < 1.29 is 9.47 Å². The van der Waals surface area contributed by atoms with Crippen LogP contribution in [0.25, 0.3) is 0 Å². The van der Waals surface area contributed by atoms with Gasteiger partial charge in [0, 0.05) is 32.5 Å². The van der Waals surface area contributed by atoms with E-state index < -0.39 is 0 Å². The van der Waals surface area contributed by atoms with Gasteiger partial charge in [-0.1, -0.05) is 13.0 Å². The molecule has 0 aliphatic heterocycles. The molecule has 0 aliphatic carbocycles. The number of hydrogen-bond acceptors (Lipinski definition) is 4. The van der Waals surface area contributed by atoms with E-state index in [2.05, 4.69) is 29.4 Å². The van der Waals surface area contributed by atoms with Crippen molar-refractivity contribution in [3.05, 3.63) is 29.6 Å². The Balaban J connectivity index is 2.66. The van der Waals surface area contributed by atoms with Crippen molar-refractivity contribution >= 4 is 0 Å². The number of pyridine rings is 1. The standard InChI is InChI=1S/C13H22N2O2/c1-5-10-6-7-11(15-9-10)8-12(14-2)13(16-3)17-4/h6-7,9,12-14H,5,8H2,1-4H3. The number of rotatable bonds is 7. The zero-order chi connectivity index (χ0) is 12.7. The molecule has 1 rings (SSSR count). The molecule has 1 unspecified atom stereocenters. The molecule has 4 heteroatoms. The van der Waals surface area contributed by atoms with E-state index in [0.717, 1.165) is 18.5 Å². The van der Waals surface area contributed by atoms with Crippen LogP contribution in [0.5, 0.6) is 0 Å². The lowest BCUT2D eigenvalue weighted by atomic mass is 10.1. The van der Waals surface area contributed by atoms with Crippen molar-refractivity contribution in [1.82, 2.24) is 10.3 Å². The zero-order valence-electron chi connectivity index (χ0n) is 11.1. The van der Waals surface area contributed by atoms with Crippen LogP contribution in [0, 0.1) is 0 Å². The Morgan fingerprint density at radius 1 is 1.29 bits per heavy atom. The topological polar surface area (TPSA) is 43.4 Å². The van der Waals surface area contributed by atoms with E-state index >= 15 is 0 Å². The van der Waals surface area contributed by atoms with Gasteiger partial charge in [0.2, 0.25) is 0 Å². The first-order valence-corrected chi connectivity index (χ1v) is 5.91. The highest BCUT2D eigenvalue weighted by Crippen LogP contribution is 2.08. The molecule has 0 spiro atoms. The first kappa shape index (κ1) is 14.1. The molecule has 0 saturated carbocycles. The average Bonchev–Trinajstić information content (AvgIpc) is 2.39. The highest BCUT2D eigenvalue weighted by Gasteiger charge is 2.19. The van der Waals surface area contributed by atoms with Gasteiger partial charge in [0.15, 0.2) is 6.29 Å². The number of likely N-dealkylation sites (N-methyl/N-ethyl adjacent to an activating group) is 1. The maximum absolute atomic E-state index is 5.26. The van der Waals surface area contributed by atoms with Gasteiger partial charge in [-0.15, -0.1) is 0 Å². The Morgan fingerprint density at radius 2 is 2.00 bits per heavy atom. The van der Waals surface area contributed by atoms with Crippen LogP contribution < -0.4 is 5.32 Å². The number of nitrogens with one attached hydrogen (secondary N) is 1. The van der Waals surface area contributed by atoms with Crippen molar-refractivity contribution in [2.45, 2.75) is 32.1 Å². The van der Waals surface area contributed by atoms with Crippen molar-refractivity contribution in [1.29, 1.82) is 0 Å². The van der Waals surface area contributed by atoms with Gasteiger partial charge in [0.25, 0.3) is 0 Å². The lowest BCUT2D eigenvalue weighted by Gasteiger charge is -2.24. The summed E-state index contributed by atoms with van der Waals surface area (Å²) in [6.07, 6.45) is 3.47. The minimum Gasteiger partial charge on any atom is -0.354 e. The molecule has 0 aliphatic rings. The monoisotopic (exact) mass is 238 g/mol. The first-order chi connectivity index (χ1) is 8.24. The largest absolute Gasteiger partial charge is 0.354 e. The Morgan fingerprint density at radius 3 is 2.41 bits per heavy atom. The predicted molar refractivity (Wildman–Crippen MR) is 68.0 cm³/mol. The molecule has 1 aromatic heterocycles. The van der Waals surface area contributed by atoms with E-state index in [1.165, 1.54) is 5.56 Å². The normalized spacial score (nSPS) is 13.0. The van der Waals surface area contributed by atoms with Crippen LogP contribution in [-0.2, 0) is 22.3 Å². The summed E-state index contributed by atoms with van der Waals surface area (Å²) in [5.74, 6) is 0. The zero-order valence-corrected chi connectivity index (χ0v) is 11.1. The molecule has 1 aromatic rings. The predicted octanol–water partition coefficient (Wildman–Crippen LogP) is 1.39. The van der Waals surface area contributed by atoms with Crippen LogP contribution in [0.2, 0.25) is 0 Å². The number of ether oxygens (including phenoxy) is 2. The van der Waals surface area contributed by atoms with Gasteiger partial charge in [-0.25, -0.2) is 0 Å². The van der Waals surface area contributed by atoms with E-state index in [1.807, 2.05) is 13.2 Å². The Labute approximate surface area is 103 Å². The molecule has 0 aromatic carbocycles. The molecule has 17 heavy (non-hydrogen) atoms. The Bertz CT molecular complexity index is 310. The number of aromatic nitrogens is 1. The van der Waals surface area contributed by atoms with Gasteiger partial charge in [-0.2, -0.15) is 0 Å². The van der Waals surface area contributed by atoms with Crippen LogP contribution in [0.4, 0.5) is 0 Å². The second-order valence-electron chi connectivity index (χ2n) is 3.95. The van der Waals surface area contributed by atoms with Crippen molar-refractivity contribution in [2.75, 3.05) is 21.3 Å². The summed E-state index contributed by atoms with van der Waals surface area (Å²) in [7, 11) is 5.19. The van der Waals surface area contributed by atoms with Crippen molar-refractivity contribution in [3.8, 4) is 0 Å². The maximum Gasteiger partial charge on any atom is 0.172 e. The van der Waals surface area contributed by atoms with Gasteiger partial charge < -0.3 is 14.8 Å². The van der Waals surface area contributed by atoms with E-state index in [9.17, 15) is 0 Å². The third-order valence-electron chi connectivity index (χ3n) is 2.89. The summed E-state index contributed by atoms with van der Waals surface area (Å²) in [5, 5.41) is 3.19. The van der Waals surface area contributed by atoms with E-state index in [1.54, 1.807) is 14.2 Å². The van der Waals surface area contributed by atoms with E-state index in [4.69, 9.17) is 9.47 Å². The van der Waals surface area contributed by atoms with Crippen LogP contribution in [0.1, 0.15) is 18.2 Å². The molecular formula is C13H22N2O2. The molecule has 1 atom stereocenters. The lowest BCUT2D eigenvalue weighted by Crippen LogP contribution is -2.41. The summed E-state index contributed by atoms with van der Waals surface area (Å²) in [6.45, 7) is 2.12. The third-order valence-corrected chi connectivity index (χ3v) is 2.89. The number of hydrogen-bond donors (Lipinski definition) is 1. The van der Waals surface area contributed by atoms with Crippen LogP contribution in [-0.4, -0.2) is 38.6 Å². The van der Waals surface area contributed by atoms with Gasteiger partial charge >= 0.3 is 0 Å².